The van der Waals surface area contributed by atoms with Gasteiger partial charge in [0.25, 0.3) is 0 Å². The molecule has 2 spiro atoms. The molecule has 1 unspecified atom stereocenters. The van der Waals surface area contributed by atoms with Crippen LogP contribution in [0.3, 0.4) is 0 Å². The van der Waals surface area contributed by atoms with Gasteiger partial charge in [-0.05, 0) is 67.6 Å². The zero-order valence-electron chi connectivity index (χ0n) is 19.7. The molecule has 0 aromatic heterocycles. The lowest BCUT2D eigenvalue weighted by Crippen LogP contribution is -2.61. The summed E-state index contributed by atoms with van der Waals surface area (Å²) in [5, 5.41) is 0. The quantitative estimate of drug-likeness (QED) is 0.467. The summed E-state index contributed by atoms with van der Waals surface area (Å²) in [7, 11) is 0. The van der Waals surface area contributed by atoms with Crippen molar-refractivity contribution in [3.63, 3.8) is 0 Å². The number of hydrogen-bond acceptors (Lipinski definition) is 2. The van der Waals surface area contributed by atoms with Gasteiger partial charge in [0.2, 0.25) is 0 Å². The van der Waals surface area contributed by atoms with Crippen molar-refractivity contribution in [2.45, 2.75) is 123 Å². The molecule has 8 atom stereocenters. The van der Waals surface area contributed by atoms with Crippen LogP contribution in [0.25, 0.3) is 0 Å². The van der Waals surface area contributed by atoms with Crippen molar-refractivity contribution in [1.29, 1.82) is 0 Å². The van der Waals surface area contributed by atoms with Crippen molar-refractivity contribution < 1.29 is 9.53 Å². The first-order valence-corrected chi connectivity index (χ1v) is 12.9. The van der Waals surface area contributed by atoms with E-state index < -0.39 is 5.60 Å². The minimum absolute atomic E-state index is 0.109. The van der Waals surface area contributed by atoms with Crippen molar-refractivity contribution in [3.05, 3.63) is 0 Å². The Morgan fingerprint density at radius 1 is 1.00 bits per heavy atom. The summed E-state index contributed by atoms with van der Waals surface area (Å²) in [6, 6.07) is 0. The molecule has 0 N–H and O–H groups in total. The molecule has 0 aromatic carbocycles. The van der Waals surface area contributed by atoms with E-state index in [0.717, 1.165) is 30.6 Å². The Labute approximate surface area is 178 Å². The summed E-state index contributed by atoms with van der Waals surface area (Å²) in [5.41, 5.74) is 0.0591. The molecule has 5 aliphatic rings. The van der Waals surface area contributed by atoms with Gasteiger partial charge in [-0.1, -0.05) is 66.7 Å². The van der Waals surface area contributed by atoms with Crippen LogP contribution in [-0.2, 0) is 9.53 Å². The molecule has 2 nitrogen and oxygen atoms in total. The number of epoxide rings is 1. The highest BCUT2D eigenvalue weighted by Crippen LogP contribution is 2.80. The maximum absolute atomic E-state index is 13.7. The van der Waals surface area contributed by atoms with Crippen LogP contribution in [-0.4, -0.2) is 17.0 Å². The molecule has 1 saturated heterocycles. The minimum Gasteiger partial charge on any atom is -0.353 e. The topological polar surface area (TPSA) is 29.6 Å². The zero-order valence-corrected chi connectivity index (χ0v) is 19.7. The van der Waals surface area contributed by atoms with E-state index in [1.165, 1.54) is 64.2 Å². The van der Waals surface area contributed by atoms with Crippen LogP contribution in [0.4, 0.5) is 0 Å². The summed E-state index contributed by atoms with van der Waals surface area (Å²) in [6.45, 7) is 12.2. The number of ketones is 1. The third kappa shape index (κ3) is 2.48. The van der Waals surface area contributed by atoms with Crippen LogP contribution in [0.5, 0.6) is 0 Å². The van der Waals surface area contributed by atoms with Gasteiger partial charge in [-0.3, -0.25) is 4.79 Å². The number of fused-ring (bicyclic) bond motifs is 2. The molecule has 2 heteroatoms. The number of Topliss-reactive ketones (excluding diaryl/α,β-unsaturated/α-hetero) is 1. The van der Waals surface area contributed by atoms with Crippen molar-refractivity contribution in [1.82, 2.24) is 0 Å². The largest absolute Gasteiger partial charge is 0.353 e. The van der Waals surface area contributed by atoms with Crippen LogP contribution in [0.15, 0.2) is 0 Å². The van der Waals surface area contributed by atoms with Gasteiger partial charge in [0.15, 0.2) is 11.4 Å². The molecule has 1 heterocycles. The molecule has 0 radical (unpaired) electrons. The molecule has 0 amide bonds. The predicted octanol–water partition coefficient (Wildman–Crippen LogP) is 6.95. The number of ether oxygens (including phenoxy) is 1. The van der Waals surface area contributed by atoms with E-state index in [-0.39, 0.29) is 11.0 Å². The van der Waals surface area contributed by atoms with E-state index in [2.05, 4.69) is 34.6 Å². The van der Waals surface area contributed by atoms with Crippen molar-refractivity contribution in [2.24, 2.45) is 40.4 Å². The number of carbonyl (C=O) groups is 1. The van der Waals surface area contributed by atoms with E-state index in [1.54, 1.807) is 0 Å². The van der Waals surface area contributed by atoms with Gasteiger partial charge in [-0.15, -0.1) is 0 Å². The Kier molecular flexibility index (Phi) is 4.65. The van der Waals surface area contributed by atoms with Gasteiger partial charge < -0.3 is 4.74 Å². The molecular weight excluding hydrogens is 356 g/mol. The Bertz CT molecular complexity index is 684. The minimum atomic E-state index is -0.394. The molecule has 4 aliphatic carbocycles. The Balaban J connectivity index is 1.41. The third-order valence-corrected chi connectivity index (χ3v) is 11.1. The van der Waals surface area contributed by atoms with E-state index in [4.69, 9.17) is 4.74 Å². The number of carbonyl (C=O) groups excluding carboxylic acids is 1. The average molecular weight is 401 g/mol. The molecule has 5 rings (SSSR count). The highest BCUT2D eigenvalue weighted by molar-refractivity contribution is 5.94. The highest BCUT2D eigenvalue weighted by Gasteiger charge is 2.89. The number of rotatable bonds is 5. The first-order valence-electron chi connectivity index (χ1n) is 12.9. The molecule has 0 aromatic rings. The smallest absolute Gasteiger partial charge is 0.168 e. The fourth-order valence-electron chi connectivity index (χ4n) is 9.51. The second kappa shape index (κ2) is 6.57. The molecule has 29 heavy (non-hydrogen) atoms. The molecule has 4 saturated carbocycles. The van der Waals surface area contributed by atoms with Gasteiger partial charge in [0.1, 0.15) is 5.60 Å². The van der Waals surface area contributed by atoms with Gasteiger partial charge in [-0.2, -0.15) is 0 Å². The van der Waals surface area contributed by atoms with Gasteiger partial charge in [0, 0.05) is 17.8 Å². The van der Waals surface area contributed by atoms with E-state index in [1.807, 2.05) is 0 Å². The summed E-state index contributed by atoms with van der Waals surface area (Å²) in [6.07, 6.45) is 15.1. The molecule has 1 aliphatic heterocycles. The molecule has 0 bridgehead atoms. The predicted molar refractivity (Wildman–Crippen MR) is 118 cm³/mol. The van der Waals surface area contributed by atoms with Crippen LogP contribution >= 0.6 is 0 Å². The maximum atomic E-state index is 13.7. The van der Waals surface area contributed by atoms with Crippen LogP contribution in [0.2, 0.25) is 0 Å². The van der Waals surface area contributed by atoms with Gasteiger partial charge in [-0.25, -0.2) is 0 Å². The maximum Gasteiger partial charge on any atom is 0.168 e. The molecular formula is C27H44O2. The summed E-state index contributed by atoms with van der Waals surface area (Å²) in [4.78, 5) is 13.7. The monoisotopic (exact) mass is 400 g/mol. The lowest BCUT2D eigenvalue weighted by Gasteiger charge is -2.57. The first-order chi connectivity index (χ1) is 13.7. The third-order valence-electron chi connectivity index (χ3n) is 11.1. The second-order valence-corrected chi connectivity index (χ2v) is 12.7. The summed E-state index contributed by atoms with van der Waals surface area (Å²) >= 11 is 0. The standard InChI is InChI=1S/C27H44O2/c1-18(2)9-8-10-19(3)21-12-16-26-25(21,5)15-13-22-24(4)14-7-6-11-20(24)17-23(28)27(22,26)29-26/h18-22H,6-17H2,1-5H3/t19-,20?,21-,22-,24+,25-,26+,27-/m1/s1. The van der Waals surface area contributed by atoms with E-state index in [9.17, 15) is 4.79 Å². The highest BCUT2D eigenvalue weighted by atomic mass is 16.6. The van der Waals surface area contributed by atoms with Crippen LogP contribution in [0, 0.1) is 40.4 Å². The lowest BCUT2D eigenvalue weighted by molar-refractivity contribution is -0.145. The summed E-state index contributed by atoms with van der Waals surface area (Å²) < 4.78 is 6.88. The zero-order chi connectivity index (χ0) is 20.7. The second-order valence-electron chi connectivity index (χ2n) is 12.7. The average Bonchev–Trinajstić information content (AvgIpc) is 3.26. The van der Waals surface area contributed by atoms with E-state index >= 15 is 0 Å². The lowest BCUT2D eigenvalue weighted by atomic mass is 9.44. The van der Waals surface area contributed by atoms with Crippen molar-refractivity contribution >= 4 is 5.78 Å². The van der Waals surface area contributed by atoms with Gasteiger partial charge >= 0.3 is 0 Å². The fraction of sp³-hybridized carbons (Fsp3) is 0.963. The molecule has 164 valence electrons. The number of hydrogen-bond donors (Lipinski definition) is 0. The van der Waals surface area contributed by atoms with E-state index in [0.29, 0.717) is 23.0 Å². The SMILES string of the molecule is CC(C)CCC[C@@H](C)[C@H]1CC[C@@]23O[C@]24C(=O)CC2CCCC[C@]2(C)[C@H]4CC[C@]13C. The van der Waals surface area contributed by atoms with Crippen LogP contribution < -0.4 is 0 Å². The van der Waals surface area contributed by atoms with Crippen molar-refractivity contribution in [2.75, 3.05) is 0 Å². The summed E-state index contributed by atoms with van der Waals surface area (Å²) in [5.74, 6) is 3.92. The molecule has 5 fully saturated rings. The Morgan fingerprint density at radius 2 is 1.79 bits per heavy atom. The van der Waals surface area contributed by atoms with Gasteiger partial charge in [0.05, 0.1) is 0 Å². The Morgan fingerprint density at radius 3 is 2.55 bits per heavy atom. The fourth-order valence-corrected chi connectivity index (χ4v) is 9.51. The van der Waals surface area contributed by atoms with Crippen LogP contribution in [0.1, 0.15) is 112 Å². The normalized spacial score (nSPS) is 51.8. The first kappa shape index (κ1) is 20.5. The Hall–Kier alpha value is -0.370. The van der Waals surface area contributed by atoms with Crippen molar-refractivity contribution in [3.8, 4) is 0 Å².